The number of piperidine rings is 1. The first-order chi connectivity index (χ1) is 10.7. The van der Waals surface area contributed by atoms with Gasteiger partial charge >= 0.3 is 0 Å². The topological polar surface area (TPSA) is 75.9 Å². The summed E-state index contributed by atoms with van der Waals surface area (Å²) in [6.07, 6.45) is 5.38. The van der Waals surface area contributed by atoms with Crippen LogP contribution in [-0.2, 0) is 14.3 Å². The molecule has 3 fully saturated rings. The number of carbonyl (C=O) groups is 2. The summed E-state index contributed by atoms with van der Waals surface area (Å²) < 4.78 is 5.32. The molecule has 3 atom stereocenters. The zero-order valence-electron chi connectivity index (χ0n) is 13.2. The number of nitrogens with two attached hydrogens (primary N) is 1. The Balaban J connectivity index is 1.67. The lowest BCUT2D eigenvalue weighted by Gasteiger charge is -2.39. The SMILES string of the molecule is NC1CCC(C(=O)N2CCCCC2C(=O)N2CCOCC2)C1. The van der Waals surface area contributed by atoms with Gasteiger partial charge in [-0.3, -0.25) is 9.59 Å². The van der Waals surface area contributed by atoms with Crippen LogP contribution in [0.5, 0.6) is 0 Å². The molecule has 2 N–H and O–H groups in total. The summed E-state index contributed by atoms with van der Waals surface area (Å²) in [5, 5.41) is 0. The summed E-state index contributed by atoms with van der Waals surface area (Å²) in [6, 6.07) is -0.122. The molecule has 0 aromatic rings. The molecule has 2 saturated heterocycles. The van der Waals surface area contributed by atoms with Gasteiger partial charge in [0.25, 0.3) is 0 Å². The van der Waals surface area contributed by atoms with Gasteiger partial charge in [0.05, 0.1) is 13.2 Å². The first kappa shape index (κ1) is 15.7. The lowest BCUT2D eigenvalue weighted by Crippen LogP contribution is -2.56. The molecule has 3 aliphatic rings. The summed E-state index contributed by atoms with van der Waals surface area (Å²) >= 11 is 0. The van der Waals surface area contributed by atoms with Crippen LogP contribution in [0.4, 0.5) is 0 Å². The van der Waals surface area contributed by atoms with Crippen LogP contribution in [0.25, 0.3) is 0 Å². The summed E-state index contributed by atoms with van der Waals surface area (Å²) in [5.74, 6) is 0.283. The Bertz CT molecular complexity index is 398. The summed E-state index contributed by atoms with van der Waals surface area (Å²) in [5.41, 5.74) is 5.94. The van der Waals surface area contributed by atoms with Crippen molar-refractivity contribution in [2.45, 2.75) is 50.6 Å². The van der Waals surface area contributed by atoms with Crippen molar-refractivity contribution in [3.8, 4) is 0 Å². The quantitative estimate of drug-likeness (QED) is 0.799. The molecular formula is C16H27N3O3. The molecule has 0 aromatic carbocycles. The molecular weight excluding hydrogens is 282 g/mol. The van der Waals surface area contributed by atoms with Gasteiger partial charge in [-0.2, -0.15) is 0 Å². The Kier molecular flexibility index (Phi) is 4.98. The predicted molar refractivity (Wildman–Crippen MR) is 82.1 cm³/mol. The van der Waals surface area contributed by atoms with Gasteiger partial charge in [-0.25, -0.2) is 0 Å². The minimum atomic E-state index is -0.267. The molecule has 6 nitrogen and oxygen atoms in total. The zero-order chi connectivity index (χ0) is 15.5. The summed E-state index contributed by atoms with van der Waals surface area (Å²) in [4.78, 5) is 29.3. The number of amides is 2. The van der Waals surface area contributed by atoms with Gasteiger partial charge in [0.2, 0.25) is 11.8 Å². The smallest absolute Gasteiger partial charge is 0.245 e. The van der Waals surface area contributed by atoms with Gasteiger partial charge in [-0.15, -0.1) is 0 Å². The number of nitrogens with zero attached hydrogens (tertiary/aromatic N) is 2. The predicted octanol–water partition coefficient (Wildman–Crippen LogP) is 0.354. The van der Waals surface area contributed by atoms with Crippen LogP contribution in [0.15, 0.2) is 0 Å². The van der Waals surface area contributed by atoms with Crippen LogP contribution in [0, 0.1) is 5.92 Å². The van der Waals surface area contributed by atoms with E-state index in [-0.39, 0.29) is 29.8 Å². The Morgan fingerprint density at radius 2 is 1.73 bits per heavy atom. The van der Waals surface area contributed by atoms with Gasteiger partial charge in [-0.1, -0.05) is 0 Å². The van der Waals surface area contributed by atoms with Crippen molar-refractivity contribution in [2.24, 2.45) is 11.7 Å². The monoisotopic (exact) mass is 309 g/mol. The molecule has 0 bridgehead atoms. The van der Waals surface area contributed by atoms with E-state index >= 15 is 0 Å². The van der Waals surface area contributed by atoms with Crippen LogP contribution in [0.2, 0.25) is 0 Å². The maximum atomic E-state index is 12.8. The third-order valence-corrected chi connectivity index (χ3v) is 5.22. The summed E-state index contributed by atoms with van der Waals surface area (Å²) in [6.45, 7) is 3.20. The average Bonchev–Trinajstić information content (AvgIpc) is 3.01. The van der Waals surface area contributed by atoms with E-state index in [1.54, 1.807) is 0 Å². The van der Waals surface area contributed by atoms with E-state index in [0.29, 0.717) is 32.8 Å². The molecule has 3 unspecified atom stereocenters. The molecule has 1 aliphatic carbocycles. The lowest BCUT2D eigenvalue weighted by atomic mass is 9.97. The van der Waals surface area contributed by atoms with Crippen molar-refractivity contribution in [3.63, 3.8) is 0 Å². The maximum absolute atomic E-state index is 12.8. The van der Waals surface area contributed by atoms with E-state index in [2.05, 4.69) is 0 Å². The highest BCUT2D eigenvalue weighted by atomic mass is 16.5. The minimum Gasteiger partial charge on any atom is -0.378 e. The van der Waals surface area contributed by atoms with E-state index < -0.39 is 0 Å². The lowest BCUT2D eigenvalue weighted by molar-refractivity contribution is -0.152. The normalized spacial score (nSPS) is 33.0. The highest BCUT2D eigenvalue weighted by Crippen LogP contribution is 2.29. The molecule has 2 heterocycles. The number of hydrogen-bond donors (Lipinski definition) is 1. The van der Waals surface area contributed by atoms with Crippen LogP contribution >= 0.6 is 0 Å². The zero-order valence-corrected chi connectivity index (χ0v) is 13.2. The Morgan fingerprint density at radius 1 is 0.955 bits per heavy atom. The molecule has 0 aromatic heterocycles. The van der Waals surface area contributed by atoms with Crippen molar-refractivity contribution in [1.82, 2.24) is 9.80 Å². The molecule has 124 valence electrons. The van der Waals surface area contributed by atoms with E-state index in [9.17, 15) is 9.59 Å². The number of rotatable bonds is 2. The Labute approximate surface area is 131 Å². The van der Waals surface area contributed by atoms with Crippen molar-refractivity contribution in [1.29, 1.82) is 0 Å². The molecule has 6 heteroatoms. The largest absolute Gasteiger partial charge is 0.378 e. The van der Waals surface area contributed by atoms with Crippen molar-refractivity contribution < 1.29 is 14.3 Å². The van der Waals surface area contributed by atoms with Crippen molar-refractivity contribution >= 4 is 11.8 Å². The van der Waals surface area contributed by atoms with Crippen LogP contribution in [-0.4, -0.2) is 66.5 Å². The first-order valence-corrected chi connectivity index (χ1v) is 8.59. The fourth-order valence-corrected chi connectivity index (χ4v) is 3.92. The molecule has 2 amide bonds. The summed E-state index contributed by atoms with van der Waals surface area (Å²) in [7, 11) is 0. The van der Waals surface area contributed by atoms with Crippen molar-refractivity contribution in [3.05, 3.63) is 0 Å². The van der Waals surface area contributed by atoms with Gasteiger partial charge in [-0.05, 0) is 38.5 Å². The van der Waals surface area contributed by atoms with E-state index in [4.69, 9.17) is 10.5 Å². The number of morpholine rings is 1. The van der Waals surface area contributed by atoms with Gasteiger partial charge in [0, 0.05) is 31.6 Å². The standard InChI is InChI=1S/C16H27N3O3/c17-13-5-4-12(11-13)15(20)19-6-2-1-3-14(19)16(21)18-7-9-22-10-8-18/h12-14H,1-11,17H2. The number of ether oxygens (including phenoxy) is 1. The van der Waals surface area contributed by atoms with Gasteiger partial charge in [0.15, 0.2) is 0 Å². The second-order valence-corrected chi connectivity index (χ2v) is 6.75. The van der Waals surface area contributed by atoms with Crippen molar-refractivity contribution in [2.75, 3.05) is 32.8 Å². The number of carbonyl (C=O) groups excluding carboxylic acids is 2. The second-order valence-electron chi connectivity index (χ2n) is 6.75. The highest BCUT2D eigenvalue weighted by Gasteiger charge is 2.39. The Morgan fingerprint density at radius 3 is 2.41 bits per heavy atom. The minimum absolute atomic E-state index is 0.0214. The fraction of sp³-hybridized carbons (Fsp3) is 0.875. The van der Waals surface area contributed by atoms with E-state index in [1.807, 2.05) is 9.80 Å². The number of likely N-dealkylation sites (tertiary alicyclic amines) is 1. The average molecular weight is 309 g/mol. The molecule has 22 heavy (non-hydrogen) atoms. The molecule has 2 aliphatic heterocycles. The maximum Gasteiger partial charge on any atom is 0.245 e. The first-order valence-electron chi connectivity index (χ1n) is 8.59. The highest BCUT2D eigenvalue weighted by molar-refractivity contribution is 5.89. The third-order valence-electron chi connectivity index (χ3n) is 5.22. The van der Waals surface area contributed by atoms with Gasteiger partial charge in [0.1, 0.15) is 6.04 Å². The van der Waals surface area contributed by atoms with E-state index in [1.165, 1.54) is 0 Å². The van der Waals surface area contributed by atoms with Crippen LogP contribution in [0.3, 0.4) is 0 Å². The molecule has 0 spiro atoms. The third kappa shape index (κ3) is 3.27. The van der Waals surface area contributed by atoms with Crippen LogP contribution in [0.1, 0.15) is 38.5 Å². The van der Waals surface area contributed by atoms with Crippen LogP contribution < -0.4 is 5.73 Å². The molecule has 3 rings (SSSR count). The second kappa shape index (κ2) is 6.96. The van der Waals surface area contributed by atoms with Gasteiger partial charge < -0.3 is 20.3 Å². The molecule has 1 saturated carbocycles. The Hall–Kier alpha value is -1.14. The molecule has 0 radical (unpaired) electrons. The fourth-order valence-electron chi connectivity index (χ4n) is 3.92. The van der Waals surface area contributed by atoms with E-state index in [0.717, 1.165) is 38.5 Å². The number of hydrogen-bond acceptors (Lipinski definition) is 4.